The molecular formula is C14H21NO. The van der Waals surface area contributed by atoms with Crippen LogP contribution >= 0.6 is 0 Å². The fourth-order valence-electron chi connectivity index (χ4n) is 2.38. The highest BCUT2D eigenvalue weighted by molar-refractivity contribution is 5.23. The van der Waals surface area contributed by atoms with Gasteiger partial charge >= 0.3 is 0 Å². The second-order valence-electron chi connectivity index (χ2n) is 4.83. The van der Waals surface area contributed by atoms with E-state index < -0.39 is 0 Å². The summed E-state index contributed by atoms with van der Waals surface area (Å²) in [5.41, 5.74) is 8.91. The number of benzene rings is 1. The molecule has 1 heterocycles. The Morgan fingerprint density at radius 1 is 1.50 bits per heavy atom. The van der Waals surface area contributed by atoms with Gasteiger partial charge in [0.25, 0.3) is 0 Å². The molecule has 1 saturated heterocycles. The average Bonchev–Trinajstić information content (AvgIpc) is 2.30. The van der Waals surface area contributed by atoms with Gasteiger partial charge in [-0.1, -0.05) is 29.8 Å². The lowest BCUT2D eigenvalue weighted by Crippen LogP contribution is -2.37. The summed E-state index contributed by atoms with van der Waals surface area (Å²) in [7, 11) is 0. The summed E-state index contributed by atoms with van der Waals surface area (Å²) in [5, 5.41) is 0. The first-order valence-corrected chi connectivity index (χ1v) is 6.14. The van der Waals surface area contributed by atoms with E-state index in [4.69, 9.17) is 10.5 Å². The fraction of sp³-hybridized carbons (Fsp3) is 0.571. The minimum Gasteiger partial charge on any atom is -0.381 e. The Bertz CT molecular complexity index is 331. The maximum absolute atomic E-state index is 6.25. The molecule has 2 N–H and O–H groups in total. The zero-order valence-corrected chi connectivity index (χ0v) is 9.99. The Morgan fingerprint density at radius 3 is 3.06 bits per heavy atom. The minimum atomic E-state index is 0.238. The number of hydrogen-bond donors (Lipinski definition) is 1. The van der Waals surface area contributed by atoms with Crippen LogP contribution in [0.25, 0.3) is 0 Å². The van der Waals surface area contributed by atoms with Crippen molar-refractivity contribution in [1.82, 2.24) is 0 Å². The Hall–Kier alpha value is -0.860. The largest absolute Gasteiger partial charge is 0.381 e. The molecule has 0 saturated carbocycles. The van der Waals surface area contributed by atoms with Crippen LogP contribution < -0.4 is 5.73 Å². The van der Waals surface area contributed by atoms with Crippen LogP contribution in [0.2, 0.25) is 0 Å². The van der Waals surface area contributed by atoms with Crippen LogP contribution in [0.4, 0.5) is 0 Å². The van der Waals surface area contributed by atoms with E-state index in [9.17, 15) is 0 Å². The van der Waals surface area contributed by atoms with Gasteiger partial charge in [-0.3, -0.25) is 0 Å². The molecule has 1 fully saturated rings. The van der Waals surface area contributed by atoms with E-state index in [1.807, 2.05) is 0 Å². The molecule has 16 heavy (non-hydrogen) atoms. The van der Waals surface area contributed by atoms with Crippen molar-refractivity contribution < 1.29 is 4.74 Å². The van der Waals surface area contributed by atoms with E-state index in [0.29, 0.717) is 5.92 Å². The van der Waals surface area contributed by atoms with Gasteiger partial charge in [0.15, 0.2) is 0 Å². The molecule has 1 aromatic rings. The van der Waals surface area contributed by atoms with Crippen LogP contribution in [0, 0.1) is 12.8 Å². The van der Waals surface area contributed by atoms with E-state index in [1.165, 1.54) is 17.5 Å². The number of nitrogens with two attached hydrogens (primary N) is 1. The first kappa shape index (κ1) is 11.6. The second kappa shape index (κ2) is 5.46. The van der Waals surface area contributed by atoms with Crippen LogP contribution in [0.1, 0.15) is 24.0 Å². The van der Waals surface area contributed by atoms with Crippen molar-refractivity contribution >= 4 is 0 Å². The number of aryl methyl sites for hydroxylation is 1. The zero-order valence-electron chi connectivity index (χ0n) is 9.99. The number of rotatable bonds is 3. The van der Waals surface area contributed by atoms with E-state index in [-0.39, 0.29) is 6.04 Å². The molecule has 88 valence electrons. The van der Waals surface area contributed by atoms with Gasteiger partial charge in [0, 0.05) is 12.6 Å². The van der Waals surface area contributed by atoms with Crippen LogP contribution in [-0.2, 0) is 11.2 Å². The predicted octanol–water partition coefficient (Wildman–Crippen LogP) is 2.29. The summed E-state index contributed by atoms with van der Waals surface area (Å²) < 4.78 is 5.48. The quantitative estimate of drug-likeness (QED) is 0.846. The molecule has 2 unspecified atom stereocenters. The van der Waals surface area contributed by atoms with Crippen LogP contribution in [0.3, 0.4) is 0 Å². The molecule has 0 amide bonds. The van der Waals surface area contributed by atoms with Gasteiger partial charge in [0.05, 0.1) is 6.61 Å². The third kappa shape index (κ3) is 3.06. The van der Waals surface area contributed by atoms with Crippen molar-refractivity contribution in [3.8, 4) is 0 Å². The van der Waals surface area contributed by atoms with Gasteiger partial charge in [-0.2, -0.15) is 0 Å². The SMILES string of the molecule is Cc1cccc(CC(N)C2CCCOC2)c1. The zero-order chi connectivity index (χ0) is 11.4. The molecule has 0 spiro atoms. The lowest BCUT2D eigenvalue weighted by molar-refractivity contribution is 0.0450. The molecule has 1 aliphatic rings. The molecular weight excluding hydrogens is 198 g/mol. The molecule has 2 nitrogen and oxygen atoms in total. The molecule has 0 aliphatic carbocycles. The summed E-state index contributed by atoms with van der Waals surface area (Å²) in [6.07, 6.45) is 3.34. The monoisotopic (exact) mass is 219 g/mol. The minimum absolute atomic E-state index is 0.238. The van der Waals surface area contributed by atoms with Gasteiger partial charge < -0.3 is 10.5 Å². The van der Waals surface area contributed by atoms with Gasteiger partial charge in [-0.15, -0.1) is 0 Å². The van der Waals surface area contributed by atoms with Crippen molar-refractivity contribution in [3.63, 3.8) is 0 Å². The lowest BCUT2D eigenvalue weighted by atomic mass is 9.90. The smallest absolute Gasteiger partial charge is 0.0509 e. The van der Waals surface area contributed by atoms with E-state index in [0.717, 1.165) is 26.1 Å². The Balaban J connectivity index is 1.93. The van der Waals surface area contributed by atoms with Gasteiger partial charge in [0.1, 0.15) is 0 Å². The number of hydrogen-bond acceptors (Lipinski definition) is 2. The van der Waals surface area contributed by atoms with Crippen LogP contribution in [0.5, 0.6) is 0 Å². The van der Waals surface area contributed by atoms with Gasteiger partial charge in [0.2, 0.25) is 0 Å². The standard InChI is InChI=1S/C14H21NO/c1-11-4-2-5-12(8-11)9-14(15)13-6-3-7-16-10-13/h2,4-5,8,13-14H,3,6-7,9-10,15H2,1H3. The maximum Gasteiger partial charge on any atom is 0.0509 e. The highest BCUT2D eigenvalue weighted by Crippen LogP contribution is 2.19. The molecule has 0 radical (unpaired) electrons. The van der Waals surface area contributed by atoms with Crippen LogP contribution in [0.15, 0.2) is 24.3 Å². The first-order chi connectivity index (χ1) is 7.75. The van der Waals surface area contributed by atoms with E-state index >= 15 is 0 Å². The van der Waals surface area contributed by atoms with Crippen molar-refractivity contribution in [2.24, 2.45) is 11.7 Å². The van der Waals surface area contributed by atoms with E-state index in [1.54, 1.807) is 0 Å². The lowest BCUT2D eigenvalue weighted by Gasteiger charge is -2.27. The Morgan fingerprint density at radius 2 is 2.38 bits per heavy atom. The fourth-order valence-corrected chi connectivity index (χ4v) is 2.38. The third-order valence-electron chi connectivity index (χ3n) is 3.35. The Kier molecular flexibility index (Phi) is 3.97. The second-order valence-corrected chi connectivity index (χ2v) is 4.83. The summed E-state index contributed by atoms with van der Waals surface area (Å²) in [5.74, 6) is 0.536. The molecule has 2 atom stereocenters. The van der Waals surface area contributed by atoms with E-state index in [2.05, 4.69) is 31.2 Å². The van der Waals surface area contributed by atoms with Crippen molar-refractivity contribution in [1.29, 1.82) is 0 Å². The average molecular weight is 219 g/mol. The van der Waals surface area contributed by atoms with Crippen LogP contribution in [-0.4, -0.2) is 19.3 Å². The third-order valence-corrected chi connectivity index (χ3v) is 3.35. The summed E-state index contributed by atoms with van der Waals surface area (Å²) in [6.45, 7) is 3.87. The predicted molar refractivity (Wildman–Crippen MR) is 66.4 cm³/mol. The molecule has 1 aliphatic heterocycles. The first-order valence-electron chi connectivity index (χ1n) is 6.14. The molecule has 0 aromatic heterocycles. The summed E-state index contributed by atoms with van der Waals surface area (Å²) in [6, 6.07) is 8.86. The van der Waals surface area contributed by atoms with Gasteiger partial charge in [-0.05, 0) is 37.7 Å². The summed E-state index contributed by atoms with van der Waals surface area (Å²) >= 11 is 0. The molecule has 1 aromatic carbocycles. The summed E-state index contributed by atoms with van der Waals surface area (Å²) in [4.78, 5) is 0. The highest BCUT2D eigenvalue weighted by Gasteiger charge is 2.21. The molecule has 0 bridgehead atoms. The van der Waals surface area contributed by atoms with Crippen molar-refractivity contribution in [2.45, 2.75) is 32.2 Å². The molecule has 2 heteroatoms. The molecule has 2 rings (SSSR count). The normalized spacial score (nSPS) is 23.0. The highest BCUT2D eigenvalue weighted by atomic mass is 16.5. The topological polar surface area (TPSA) is 35.2 Å². The maximum atomic E-state index is 6.25. The Labute approximate surface area is 97.8 Å². The van der Waals surface area contributed by atoms with Crippen molar-refractivity contribution in [2.75, 3.05) is 13.2 Å². The van der Waals surface area contributed by atoms with Crippen molar-refractivity contribution in [3.05, 3.63) is 35.4 Å². The van der Waals surface area contributed by atoms with Gasteiger partial charge in [-0.25, -0.2) is 0 Å². The number of ether oxygens (including phenoxy) is 1.